The number of aryl methyl sites for hydroxylation is 1. The van der Waals surface area contributed by atoms with Crippen LogP contribution in [0.15, 0.2) is 14.6 Å². The number of carbonyl (C=O) groups is 1. The van der Waals surface area contributed by atoms with E-state index in [2.05, 4.69) is 9.97 Å². The van der Waals surface area contributed by atoms with E-state index in [0.29, 0.717) is 23.1 Å². The van der Waals surface area contributed by atoms with Gasteiger partial charge in [-0.05, 0) is 19.8 Å². The molecule has 1 fully saturated rings. The maximum absolute atomic E-state index is 12.7. The van der Waals surface area contributed by atoms with Gasteiger partial charge in [-0.25, -0.2) is 14.8 Å². The summed E-state index contributed by atoms with van der Waals surface area (Å²) in [5, 5.41) is 0.707. The Balaban J connectivity index is 2.15. The van der Waals surface area contributed by atoms with Gasteiger partial charge in [0, 0.05) is 20.0 Å². The lowest BCUT2D eigenvalue weighted by Crippen LogP contribution is -2.38. The molecule has 2 heterocycles. The van der Waals surface area contributed by atoms with Gasteiger partial charge >= 0.3 is 11.7 Å². The van der Waals surface area contributed by atoms with Crippen molar-refractivity contribution < 1.29 is 9.53 Å². The summed E-state index contributed by atoms with van der Waals surface area (Å²) in [4.78, 5) is 46.1. The molecule has 0 aliphatic heterocycles. The Hall–Kier alpha value is -2.16. The number of rotatable bonds is 5. The summed E-state index contributed by atoms with van der Waals surface area (Å²) in [5.74, 6) is 0.548. The normalized spacial score (nSPS) is 15.2. The quantitative estimate of drug-likeness (QED) is 0.434. The molecule has 0 radical (unpaired) electrons. The van der Waals surface area contributed by atoms with E-state index in [9.17, 15) is 14.4 Å². The summed E-state index contributed by atoms with van der Waals surface area (Å²) in [5.41, 5.74) is -0.554. The molecule has 0 N–H and O–H groups in total. The van der Waals surface area contributed by atoms with Crippen LogP contribution in [0, 0.1) is 0 Å². The minimum Gasteiger partial charge on any atom is -0.465 e. The molecule has 1 aliphatic carbocycles. The largest absolute Gasteiger partial charge is 0.465 e. The average molecular weight is 392 g/mol. The van der Waals surface area contributed by atoms with E-state index in [1.54, 1.807) is 14.0 Å². The Morgan fingerprint density at radius 3 is 2.52 bits per heavy atom. The molecule has 0 amide bonds. The van der Waals surface area contributed by atoms with Crippen LogP contribution in [0.2, 0.25) is 0 Å². The van der Waals surface area contributed by atoms with E-state index in [1.807, 2.05) is 0 Å². The molecular weight excluding hydrogens is 368 g/mol. The Morgan fingerprint density at radius 1 is 1.15 bits per heavy atom. The van der Waals surface area contributed by atoms with Crippen molar-refractivity contribution in [3.8, 4) is 0 Å². The molecule has 3 rings (SSSR count). The molecule has 8 nitrogen and oxygen atoms in total. The molecule has 1 saturated carbocycles. The molecule has 0 spiro atoms. The van der Waals surface area contributed by atoms with Crippen molar-refractivity contribution in [3.63, 3.8) is 0 Å². The molecule has 1 aliphatic rings. The molecule has 27 heavy (non-hydrogen) atoms. The molecule has 0 atom stereocenters. The zero-order valence-electron chi connectivity index (χ0n) is 15.9. The Morgan fingerprint density at radius 2 is 1.85 bits per heavy atom. The predicted octanol–water partition coefficient (Wildman–Crippen LogP) is 1.73. The molecule has 0 bridgehead atoms. The first kappa shape index (κ1) is 19.6. The van der Waals surface area contributed by atoms with Gasteiger partial charge in [-0.2, -0.15) is 0 Å². The molecular formula is C18H24N4O4S. The number of nitrogens with zero attached hydrogens (tertiary/aromatic N) is 4. The van der Waals surface area contributed by atoms with Crippen LogP contribution in [0.1, 0.15) is 50.8 Å². The lowest BCUT2D eigenvalue weighted by atomic mass is 9.89. The van der Waals surface area contributed by atoms with Gasteiger partial charge in [0.15, 0.2) is 5.65 Å². The highest BCUT2D eigenvalue weighted by Crippen LogP contribution is 2.33. The molecule has 2 aromatic rings. The fourth-order valence-electron chi connectivity index (χ4n) is 3.42. The summed E-state index contributed by atoms with van der Waals surface area (Å²) >= 11 is 1.16. The van der Waals surface area contributed by atoms with Gasteiger partial charge in [-0.3, -0.25) is 18.7 Å². The van der Waals surface area contributed by atoms with Crippen LogP contribution in [0.3, 0.4) is 0 Å². The Kier molecular flexibility index (Phi) is 5.98. The highest BCUT2D eigenvalue weighted by atomic mass is 32.2. The minimum atomic E-state index is -0.449. The average Bonchev–Trinajstić information content (AvgIpc) is 2.69. The van der Waals surface area contributed by atoms with E-state index >= 15 is 0 Å². The summed E-state index contributed by atoms with van der Waals surface area (Å²) in [6.07, 6.45) is 5.42. The van der Waals surface area contributed by atoms with Crippen LogP contribution in [0.4, 0.5) is 0 Å². The fraction of sp³-hybridized carbons (Fsp3) is 0.611. The third-order valence-corrected chi connectivity index (χ3v) is 5.84. The van der Waals surface area contributed by atoms with Crippen molar-refractivity contribution in [2.45, 2.75) is 50.0 Å². The first-order valence-corrected chi connectivity index (χ1v) is 10.2. The zero-order chi connectivity index (χ0) is 19.6. The van der Waals surface area contributed by atoms with Crippen molar-refractivity contribution >= 4 is 28.8 Å². The maximum Gasteiger partial charge on any atom is 0.332 e. The predicted molar refractivity (Wildman–Crippen MR) is 103 cm³/mol. The van der Waals surface area contributed by atoms with Gasteiger partial charge in [0.05, 0.1) is 12.4 Å². The fourth-order valence-corrected chi connectivity index (χ4v) is 4.24. The van der Waals surface area contributed by atoms with E-state index < -0.39 is 11.2 Å². The van der Waals surface area contributed by atoms with Crippen molar-refractivity contribution in [2.24, 2.45) is 14.1 Å². The second-order valence-corrected chi connectivity index (χ2v) is 7.68. The Bertz CT molecular complexity index is 976. The van der Waals surface area contributed by atoms with Crippen LogP contribution in [0.5, 0.6) is 0 Å². The summed E-state index contributed by atoms with van der Waals surface area (Å²) in [7, 11) is 3.03. The van der Waals surface area contributed by atoms with Crippen molar-refractivity contribution in [3.05, 3.63) is 26.7 Å². The topological polar surface area (TPSA) is 96.1 Å². The number of hydrogen-bond donors (Lipinski definition) is 0. The maximum atomic E-state index is 12.7. The van der Waals surface area contributed by atoms with Gasteiger partial charge in [0.1, 0.15) is 16.2 Å². The van der Waals surface area contributed by atoms with Gasteiger partial charge in [-0.1, -0.05) is 31.0 Å². The van der Waals surface area contributed by atoms with Crippen molar-refractivity contribution in [1.82, 2.24) is 19.1 Å². The zero-order valence-corrected chi connectivity index (χ0v) is 16.7. The second-order valence-electron chi connectivity index (χ2n) is 6.72. The molecule has 2 aromatic heterocycles. The third kappa shape index (κ3) is 3.92. The molecule has 146 valence electrons. The van der Waals surface area contributed by atoms with Crippen LogP contribution in [-0.4, -0.2) is 37.4 Å². The number of carbonyl (C=O) groups excluding carboxylic acids is 1. The number of thioether (sulfide) groups is 1. The Labute approximate surface area is 161 Å². The standard InChI is InChI=1S/C18H24N4O4S/c1-4-26-12(23)10-27-16-13-15(21(2)18(25)22(3)17(13)24)19-14(20-16)11-8-6-5-7-9-11/h11H,4-10H2,1-3H3. The second kappa shape index (κ2) is 8.24. The first-order valence-electron chi connectivity index (χ1n) is 9.20. The molecule has 0 aromatic carbocycles. The van der Waals surface area contributed by atoms with Crippen LogP contribution in [-0.2, 0) is 23.6 Å². The SMILES string of the molecule is CCOC(=O)CSc1nc(C2CCCCC2)nc2c1c(=O)n(C)c(=O)n2C. The number of ether oxygens (including phenoxy) is 1. The smallest absolute Gasteiger partial charge is 0.332 e. The van der Waals surface area contributed by atoms with Crippen LogP contribution >= 0.6 is 11.8 Å². The summed E-state index contributed by atoms with van der Waals surface area (Å²) in [6.45, 7) is 2.04. The van der Waals surface area contributed by atoms with E-state index in [0.717, 1.165) is 42.0 Å². The number of hydrogen-bond acceptors (Lipinski definition) is 7. The molecule has 0 unspecified atom stereocenters. The van der Waals surface area contributed by atoms with E-state index in [4.69, 9.17) is 4.74 Å². The van der Waals surface area contributed by atoms with Gasteiger partial charge in [0.2, 0.25) is 0 Å². The highest BCUT2D eigenvalue weighted by Gasteiger charge is 2.23. The first-order chi connectivity index (χ1) is 12.9. The summed E-state index contributed by atoms with van der Waals surface area (Å²) < 4.78 is 7.39. The monoisotopic (exact) mass is 392 g/mol. The minimum absolute atomic E-state index is 0.0516. The van der Waals surface area contributed by atoms with Gasteiger partial charge in [0.25, 0.3) is 5.56 Å². The van der Waals surface area contributed by atoms with Crippen molar-refractivity contribution in [2.75, 3.05) is 12.4 Å². The van der Waals surface area contributed by atoms with Crippen LogP contribution < -0.4 is 11.2 Å². The lowest BCUT2D eigenvalue weighted by Gasteiger charge is -2.21. The van der Waals surface area contributed by atoms with Gasteiger partial charge in [-0.15, -0.1) is 0 Å². The number of esters is 1. The summed E-state index contributed by atoms with van der Waals surface area (Å²) in [6, 6.07) is 0. The van der Waals surface area contributed by atoms with E-state index in [1.165, 1.54) is 18.0 Å². The van der Waals surface area contributed by atoms with E-state index in [-0.39, 0.29) is 23.0 Å². The molecule has 9 heteroatoms. The number of fused-ring (bicyclic) bond motifs is 1. The van der Waals surface area contributed by atoms with Gasteiger partial charge < -0.3 is 4.74 Å². The van der Waals surface area contributed by atoms with Crippen LogP contribution in [0.25, 0.3) is 11.0 Å². The lowest BCUT2D eigenvalue weighted by molar-refractivity contribution is -0.139. The highest BCUT2D eigenvalue weighted by molar-refractivity contribution is 8.00. The third-order valence-electron chi connectivity index (χ3n) is 4.89. The molecule has 0 saturated heterocycles. The van der Waals surface area contributed by atoms with Crippen molar-refractivity contribution in [1.29, 1.82) is 0 Å². The number of aromatic nitrogens is 4.